The Balaban J connectivity index is 1.59. The van der Waals surface area contributed by atoms with Gasteiger partial charge in [0.1, 0.15) is 12.4 Å². The molecule has 2 N–H and O–H groups in total. The lowest BCUT2D eigenvalue weighted by atomic mass is 10.2. The first kappa shape index (κ1) is 21.7. The molecule has 7 nitrogen and oxygen atoms in total. The van der Waals surface area contributed by atoms with Gasteiger partial charge in [-0.25, -0.2) is 10.3 Å². The summed E-state index contributed by atoms with van der Waals surface area (Å²) in [6.45, 7) is 0.408. The van der Waals surface area contributed by atoms with Gasteiger partial charge in [-0.15, -0.1) is 0 Å². The van der Waals surface area contributed by atoms with E-state index in [-0.39, 0.29) is 18.7 Å². The highest BCUT2D eigenvalue weighted by Crippen LogP contribution is 2.23. The number of amides is 2. The highest BCUT2D eigenvalue weighted by molar-refractivity contribution is 6.42. The van der Waals surface area contributed by atoms with Crippen molar-refractivity contribution < 1.29 is 14.4 Å². The molecule has 0 aliphatic rings. The Kier molecular flexibility index (Phi) is 7.35. The van der Waals surface area contributed by atoms with E-state index in [1.54, 1.807) is 31.4 Å². The van der Waals surface area contributed by atoms with Gasteiger partial charge in [-0.05, 0) is 29.8 Å². The normalized spacial score (nSPS) is 10.5. The smallest absolute Gasteiger partial charge is 0.343 e. The third-order valence-corrected chi connectivity index (χ3v) is 4.90. The minimum Gasteiger partial charge on any atom is -0.496 e. The summed E-state index contributed by atoms with van der Waals surface area (Å²) >= 11 is 11.9. The molecular formula is C21H19Cl2N3O4. The number of hydrogen-bond acceptors (Lipinski definition) is 4. The summed E-state index contributed by atoms with van der Waals surface area (Å²) in [7, 11) is 1.56. The molecule has 1 aromatic heterocycles. The lowest BCUT2D eigenvalue weighted by Crippen LogP contribution is -2.29. The van der Waals surface area contributed by atoms with Crippen LogP contribution in [-0.4, -0.2) is 17.7 Å². The topological polar surface area (TPSA) is 81.6 Å². The largest absolute Gasteiger partial charge is 0.496 e. The number of halogens is 2. The van der Waals surface area contributed by atoms with Crippen molar-refractivity contribution in [3.8, 4) is 5.75 Å². The number of carbonyl (C=O) groups excluding carboxylic acids is 1. The number of methoxy groups -OCH3 is 1. The summed E-state index contributed by atoms with van der Waals surface area (Å²) in [5, 5.41) is 3.46. The standard InChI is InChI=1S/C21H19Cl2N3O4/c1-29-19-5-3-2-4-15(19)13-30-25-21(28)24-16-7-9-20(27)26(12-16)11-14-6-8-17(22)18(23)10-14/h2-10,12H,11,13H2,1H3,(H2,24,25,28). The van der Waals surface area contributed by atoms with Gasteiger partial charge in [-0.1, -0.05) is 47.5 Å². The number of ether oxygens (including phenoxy) is 1. The molecule has 0 aliphatic heterocycles. The number of benzene rings is 2. The molecule has 3 aromatic rings. The summed E-state index contributed by atoms with van der Waals surface area (Å²) in [6.07, 6.45) is 1.53. The molecule has 1 heterocycles. The van der Waals surface area contributed by atoms with Gasteiger partial charge in [0.15, 0.2) is 0 Å². The summed E-state index contributed by atoms with van der Waals surface area (Å²) < 4.78 is 6.68. The summed E-state index contributed by atoms with van der Waals surface area (Å²) in [5.74, 6) is 0.661. The van der Waals surface area contributed by atoms with Gasteiger partial charge in [0.25, 0.3) is 5.56 Å². The number of anilines is 1. The maximum Gasteiger partial charge on any atom is 0.343 e. The van der Waals surface area contributed by atoms with E-state index in [1.165, 1.54) is 22.9 Å². The van der Waals surface area contributed by atoms with Crippen LogP contribution in [-0.2, 0) is 18.0 Å². The van der Waals surface area contributed by atoms with Crippen LogP contribution in [0.1, 0.15) is 11.1 Å². The second-order valence-corrected chi connectivity index (χ2v) is 7.10. The molecule has 0 fully saturated rings. The number of hydrogen-bond donors (Lipinski definition) is 2. The number of nitrogens with zero attached hydrogens (tertiary/aromatic N) is 1. The van der Waals surface area contributed by atoms with Crippen LogP contribution in [0.15, 0.2) is 65.6 Å². The van der Waals surface area contributed by atoms with E-state index in [0.717, 1.165) is 11.1 Å². The molecular weight excluding hydrogens is 429 g/mol. The molecule has 0 spiro atoms. The van der Waals surface area contributed by atoms with Gasteiger partial charge < -0.3 is 14.6 Å². The molecule has 0 saturated heterocycles. The van der Waals surface area contributed by atoms with E-state index < -0.39 is 6.03 Å². The van der Waals surface area contributed by atoms with Crippen LogP contribution in [0.25, 0.3) is 0 Å². The second-order valence-electron chi connectivity index (χ2n) is 6.29. The van der Waals surface area contributed by atoms with Gasteiger partial charge >= 0.3 is 6.03 Å². The number of hydroxylamine groups is 1. The Morgan fingerprint density at radius 3 is 2.63 bits per heavy atom. The molecule has 2 amide bonds. The molecule has 30 heavy (non-hydrogen) atoms. The average molecular weight is 448 g/mol. The maximum atomic E-state index is 12.1. The molecule has 0 radical (unpaired) electrons. The molecule has 0 unspecified atom stereocenters. The first-order chi connectivity index (χ1) is 14.5. The third-order valence-electron chi connectivity index (χ3n) is 4.16. The molecule has 0 saturated carbocycles. The number of nitrogens with one attached hydrogen (secondary N) is 2. The minimum atomic E-state index is -0.579. The fourth-order valence-corrected chi connectivity index (χ4v) is 3.04. The van der Waals surface area contributed by atoms with Gasteiger partial charge in [0, 0.05) is 17.8 Å². The van der Waals surface area contributed by atoms with Crippen molar-refractivity contribution in [1.82, 2.24) is 10.0 Å². The highest BCUT2D eigenvalue weighted by atomic mass is 35.5. The third kappa shape index (κ3) is 5.76. The fraction of sp³-hybridized carbons (Fsp3) is 0.143. The van der Waals surface area contributed by atoms with E-state index in [2.05, 4.69) is 10.8 Å². The number of rotatable bonds is 7. The first-order valence-corrected chi connectivity index (χ1v) is 9.67. The van der Waals surface area contributed by atoms with E-state index in [9.17, 15) is 9.59 Å². The van der Waals surface area contributed by atoms with Crippen LogP contribution in [0.4, 0.5) is 10.5 Å². The monoisotopic (exact) mass is 447 g/mol. The number of carbonyl (C=O) groups is 1. The van der Waals surface area contributed by atoms with Crippen LogP contribution in [0.2, 0.25) is 10.0 Å². The van der Waals surface area contributed by atoms with E-state index in [0.29, 0.717) is 21.5 Å². The molecule has 2 aromatic carbocycles. The Morgan fingerprint density at radius 2 is 1.87 bits per heavy atom. The number of urea groups is 1. The van der Waals surface area contributed by atoms with Crippen molar-refractivity contribution >= 4 is 34.9 Å². The van der Waals surface area contributed by atoms with Crippen molar-refractivity contribution in [3.63, 3.8) is 0 Å². The van der Waals surface area contributed by atoms with Gasteiger partial charge in [0.2, 0.25) is 0 Å². The summed E-state index contributed by atoms with van der Waals surface area (Å²) in [5.41, 5.74) is 4.09. The zero-order valence-corrected chi connectivity index (χ0v) is 17.5. The van der Waals surface area contributed by atoms with Crippen LogP contribution in [0.3, 0.4) is 0 Å². The average Bonchev–Trinajstić information content (AvgIpc) is 2.73. The Morgan fingerprint density at radius 1 is 1.07 bits per heavy atom. The van der Waals surface area contributed by atoms with E-state index in [1.807, 2.05) is 18.2 Å². The van der Waals surface area contributed by atoms with Crippen LogP contribution in [0, 0.1) is 0 Å². The Bertz CT molecular complexity index is 1100. The van der Waals surface area contributed by atoms with E-state index >= 15 is 0 Å². The first-order valence-electron chi connectivity index (χ1n) is 8.91. The fourth-order valence-electron chi connectivity index (χ4n) is 2.72. The lowest BCUT2D eigenvalue weighted by molar-refractivity contribution is 0.0524. The summed E-state index contributed by atoms with van der Waals surface area (Å²) in [6, 6.07) is 14.7. The van der Waals surface area contributed by atoms with Gasteiger partial charge in [0.05, 0.1) is 29.4 Å². The summed E-state index contributed by atoms with van der Waals surface area (Å²) in [4.78, 5) is 29.5. The molecule has 9 heteroatoms. The molecule has 0 bridgehead atoms. The van der Waals surface area contributed by atoms with Crippen molar-refractivity contribution in [2.75, 3.05) is 12.4 Å². The van der Waals surface area contributed by atoms with Gasteiger partial charge in [-0.3, -0.25) is 9.63 Å². The Labute approximate surface area is 183 Å². The second kappa shape index (κ2) is 10.2. The Hall–Kier alpha value is -3.00. The van der Waals surface area contributed by atoms with E-state index in [4.69, 9.17) is 32.8 Å². The zero-order valence-electron chi connectivity index (χ0n) is 16.0. The molecule has 0 aliphatic carbocycles. The molecule has 3 rings (SSSR count). The van der Waals surface area contributed by atoms with Crippen molar-refractivity contribution in [2.24, 2.45) is 0 Å². The van der Waals surface area contributed by atoms with Gasteiger partial charge in [-0.2, -0.15) is 0 Å². The minimum absolute atomic E-state index is 0.133. The van der Waals surface area contributed by atoms with Crippen LogP contribution >= 0.6 is 23.2 Å². The maximum absolute atomic E-state index is 12.1. The van der Waals surface area contributed by atoms with Crippen molar-refractivity contribution in [2.45, 2.75) is 13.2 Å². The quantitative estimate of drug-likeness (QED) is 0.523. The predicted octanol–water partition coefficient (Wildman–Crippen LogP) is 4.47. The predicted molar refractivity (Wildman–Crippen MR) is 116 cm³/mol. The number of pyridine rings is 1. The molecule has 0 atom stereocenters. The van der Waals surface area contributed by atoms with Crippen LogP contribution in [0.5, 0.6) is 5.75 Å². The SMILES string of the molecule is COc1ccccc1CONC(=O)Nc1ccc(=O)n(Cc2ccc(Cl)c(Cl)c2)c1. The zero-order chi connectivity index (χ0) is 21.5. The lowest BCUT2D eigenvalue weighted by Gasteiger charge is -2.12. The molecule has 156 valence electrons. The van der Waals surface area contributed by atoms with Crippen molar-refractivity contribution in [1.29, 1.82) is 0 Å². The van der Waals surface area contributed by atoms with Crippen molar-refractivity contribution in [3.05, 3.63) is 92.3 Å². The van der Waals surface area contributed by atoms with Crippen LogP contribution < -0.4 is 21.1 Å². The highest BCUT2D eigenvalue weighted by Gasteiger charge is 2.07. The number of aromatic nitrogens is 1. The number of para-hydroxylation sites is 1.